The molecule has 0 radical (unpaired) electrons. The van der Waals surface area contributed by atoms with E-state index in [9.17, 15) is 9.65 Å². The Balaban J connectivity index is 1.18. The summed E-state index contributed by atoms with van der Waals surface area (Å²) in [5.74, 6) is -0.241. The number of likely N-dealkylation sites (tertiary alicyclic amines) is 1. The van der Waals surface area contributed by atoms with Gasteiger partial charge in [0.15, 0.2) is 5.13 Å². The van der Waals surface area contributed by atoms with Gasteiger partial charge in [-0.3, -0.25) is 0 Å². The molecule has 0 atom stereocenters. The van der Waals surface area contributed by atoms with Crippen LogP contribution in [0.1, 0.15) is 44.1 Å². The van der Waals surface area contributed by atoms with E-state index in [0.717, 1.165) is 67.8 Å². The lowest BCUT2D eigenvalue weighted by molar-refractivity contribution is 0.108. The van der Waals surface area contributed by atoms with Crippen LogP contribution in [0.15, 0.2) is 48.5 Å². The summed E-state index contributed by atoms with van der Waals surface area (Å²) in [6.07, 6.45) is 6.05. The average Bonchev–Trinajstić information content (AvgIpc) is 3.29. The predicted molar refractivity (Wildman–Crippen MR) is 129 cm³/mol. The number of nitrogens with zero attached hydrogens (tertiary/aromatic N) is 4. The number of fused-ring (bicyclic) bond motifs is 1. The Hall–Kier alpha value is -2.49. The lowest BCUT2D eigenvalue weighted by Crippen LogP contribution is -2.49. The minimum Gasteiger partial charge on any atom is -0.348 e. The smallest absolute Gasteiger partial charge is 0.186 e. The summed E-state index contributed by atoms with van der Waals surface area (Å²) in [6.45, 7) is 2.20. The van der Waals surface area contributed by atoms with Crippen LogP contribution in [0.25, 0.3) is 10.2 Å². The van der Waals surface area contributed by atoms with Crippen molar-refractivity contribution in [1.29, 1.82) is 5.26 Å². The molecule has 6 heteroatoms. The van der Waals surface area contributed by atoms with Gasteiger partial charge >= 0.3 is 0 Å². The van der Waals surface area contributed by atoms with Crippen molar-refractivity contribution >= 4 is 26.7 Å². The molecule has 2 aromatic carbocycles. The molecule has 0 unspecified atom stereocenters. The molecule has 2 fully saturated rings. The van der Waals surface area contributed by atoms with Crippen LogP contribution in [-0.4, -0.2) is 42.1 Å². The summed E-state index contributed by atoms with van der Waals surface area (Å²) >= 11 is 1.78. The van der Waals surface area contributed by atoms with E-state index in [4.69, 9.17) is 4.98 Å². The highest BCUT2D eigenvalue weighted by Crippen LogP contribution is 2.41. The molecule has 1 aliphatic carbocycles. The lowest BCUT2D eigenvalue weighted by atomic mass is 9.69. The third-order valence-electron chi connectivity index (χ3n) is 7.57. The van der Waals surface area contributed by atoms with Crippen molar-refractivity contribution in [1.82, 2.24) is 9.88 Å². The van der Waals surface area contributed by atoms with Crippen molar-refractivity contribution in [2.24, 2.45) is 0 Å². The van der Waals surface area contributed by atoms with Crippen LogP contribution in [0.4, 0.5) is 9.52 Å². The van der Waals surface area contributed by atoms with Crippen LogP contribution < -0.4 is 4.90 Å². The first-order chi connectivity index (χ1) is 15.6. The van der Waals surface area contributed by atoms with Crippen LogP contribution in [0, 0.1) is 17.1 Å². The molecule has 3 aromatic rings. The highest BCUT2D eigenvalue weighted by Gasteiger charge is 2.39. The summed E-state index contributed by atoms with van der Waals surface area (Å²) in [5.41, 5.74) is 1.59. The number of aromatic nitrogens is 1. The van der Waals surface area contributed by atoms with Crippen LogP contribution in [0.3, 0.4) is 0 Å². The second-order valence-electron chi connectivity index (χ2n) is 9.27. The van der Waals surface area contributed by atoms with Gasteiger partial charge in [0.25, 0.3) is 0 Å². The number of hydrogen-bond acceptors (Lipinski definition) is 5. The number of hydrogen-bond donors (Lipinski definition) is 0. The molecule has 1 saturated carbocycles. The van der Waals surface area contributed by atoms with E-state index in [2.05, 4.69) is 41.1 Å². The zero-order valence-electron chi connectivity index (χ0n) is 18.5. The van der Waals surface area contributed by atoms with Gasteiger partial charge in [0, 0.05) is 32.2 Å². The molecule has 1 aromatic heterocycles. The van der Waals surface area contributed by atoms with Gasteiger partial charge < -0.3 is 9.80 Å². The normalized spacial score (nSPS) is 25.0. The van der Waals surface area contributed by atoms with E-state index in [-0.39, 0.29) is 5.82 Å². The molecule has 1 saturated heterocycles. The molecule has 1 aliphatic heterocycles. The highest BCUT2D eigenvalue weighted by molar-refractivity contribution is 7.22. The molecule has 0 spiro atoms. The fraction of sp³-hybridized carbons (Fsp3) is 0.462. The van der Waals surface area contributed by atoms with E-state index in [1.165, 1.54) is 16.8 Å². The second kappa shape index (κ2) is 8.80. The molecule has 0 amide bonds. The molecule has 4 nitrogen and oxygen atoms in total. The summed E-state index contributed by atoms with van der Waals surface area (Å²) in [6, 6.07) is 18.5. The topological polar surface area (TPSA) is 43.2 Å². The van der Waals surface area contributed by atoms with Gasteiger partial charge in [-0.1, -0.05) is 35.6 Å². The lowest BCUT2D eigenvalue weighted by Gasteiger charge is -2.44. The zero-order chi connectivity index (χ0) is 22.1. The largest absolute Gasteiger partial charge is 0.348 e. The number of nitriles is 1. The summed E-state index contributed by atoms with van der Waals surface area (Å²) in [5, 5.41) is 11.1. The maximum absolute atomic E-state index is 13.3. The van der Waals surface area contributed by atoms with Crippen molar-refractivity contribution in [2.45, 2.75) is 56.0 Å². The number of piperidine rings is 1. The van der Waals surface area contributed by atoms with E-state index in [0.29, 0.717) is 12.1 Å². The number of rotatable bonds is 4. The number of anilines is 1. The highest BCUT2D eigenvalue weighted by atomic mass is 32.1. The number of para-hydroxylation sites is 1. The van der Waals surface area contributed by atoms with Crippen molar-refractivity contribution in [3.63, 3.8) is 0 Å². The summed E-state index contributed by atoms with van der Waals surface area (Å²) < 4.78 is 14.6. The fourth-order valence-corrected chi connectivity index (χ4v) is 6.50. The molecular weight excluding hydrogens is 419 g/mol. The molecule has 0 N–H and O–H groups in total. The summed E-state index contributed by atoms with van der Waals surface area (Å²) in [7, 11) is 2.18. The SMILES string of the molecule is CN(c1nc2ccccc2s1)C1CCN([C@H]2CC[C@](C#N)(c3ccc(F)cc3)CC2)CC1. The van der Waals surface area contributed by atoms with Crippen LogP contribution in [0.2, 0.25) is 0 Å². The van der Waals surface area contributed by atoms with Crippen molar-refractivity contribution in [3.05, 3.63) is 59.9 Å². The van der Waals surface area contributed by atoms with Gasteiger partial charge in [0.05, 0.1) is 21.7 Å². The third-order valence-corrected chi connectivity index (χ3v) is 8.69. The fourth-order valence-electron chi connectivity index (χ4n) is 5.50. The Morgan fingerprint density at radius 3 is 2.41 bits per heavy atom. The summed E-state index contributed by atoms with van der Waals surface area (Å²) in [4.78, 5) is 9.84. The number of benzene rings is 2. The van der Waals surface area contributed by atoms with Gasteiger partial charge in [-0.25, -0.2) is 9.37 Å². The standard InChI is InChI=1S/C26H29FN4S/c1-30(25-29-23-4-2-3-5-24(23)32-25)21-12-16-31(17-13-21)22-10-14-26(18-28,15-11-22)19-6-8-20(27)9-7-19/h2-9,21-22H,10-17H2,1H3/t22-,26-. The third kappa shape index (κ3) is 4.00. The van der Waals surface area contributed by atoms with Crippen LogP contribution in [-0.2, 0) is 5.41 Å². The maximum atomic E-state index is 13.3. The first-order valence-electron chi connectivity index (χ1n) is 11.6. The quantitative estimate of drug-likeness (QED) is 0.510. The first kappa shape index (κ1) is 21.4. The van der Waals surface area contributed by atoms with Crippen LogP contribution in [0.5, 0.6) is 0 Å². The zero-order valence-corrected chi connectivity index (χ0v) is 19.3. The molecule has 2 aliphatic rings. The van der Waals surface area contributed by atoms with Gasteiger partial charge in [-0.15, -0.1) is 0 Å². The molecule has 166 valence electrons. The van der Waals surface area contributed by atoms with E-state index >= 15 is 0 Å². The van der Waals surface area contributed by atoms with E-state index in [1.54, 1.807) is 23.5 Å². The Morgan fingerprint density at radius 2 is 1.75 bits per heavy atom. The van der Waals surface area contributed by atoms with Crippen molar-refractivity contribution < 1.29 is 4.39 Å². The minimum atomic E-state index is -0.463. The Morgan fingerprint density at radius 1 is 1.06 bits per heavy atom. The molecular formula is C26H29FN4S. The van der Waals surface area contributed by atoms with E-state index < -0.39 is 5.41 Å². The van der Waals surface area contributed by atoms with E-state index in [1.807, 2.05) is 6.07 Å². The van der Waals surface area contributed by atoms with Gasteiger partial charge in [0.1, 0.15) is 5.82 Å². The molecule has 32 heavy (non-hydrogen) atoms. The average molecular weight is 449 g/mol. The van der Waals surface area contributed by atoms with Gasteiger partial charge in [-0.2, -0.15) is 5.26 Å². The molecule has 0 bridgehead atoms. The Kier molecular flexibility index (Phi) is 5.88. The number of halogens is 1. The van der Waals surface area contributed by atoms with Crippen molar-refractivity contribution in [3.8, 4) is 6.07 Å². The maximum Gasteiger partial charge on any atom is 0.186 e. The number of thiazole rings is 1. The Bertz CT molecular complexity index is 1070. The second-order valence-corrected chi connectivity index (χ2v) is 10.3. The van der Waals surface area contributed by atoms with Crippen LogP contribution >= 0.6 is 11.3 Å². The monoisotopic (exact) mass is 448 g/mol. The first-order valence-corrected chi connectivity index (χ1v) is 12.4. The predicted octanol–water partition coefficient (Wildman–Crippen LogP) is 5.74. The minimum absolute atomic E-state index is 0.241. The van der Waals surface area contributed by atoms with Gasteiger partial charge in [0.2, 0.25) is 0 Å². The van der Waals surface area contributed by atoms with Crippen molar-refractivity contribution in [2.75, 3.05) is 25.0 Å². The Labute approximate surface area is 193 Å². The molecule has 2 heterocycles. The molecule has 5 rings (SSSR count). The van der Waals surface area contributed by atoms with Gasteiger partial charge in [-0.05, 0) is 68.4 Å².